The van der Waals surface area contributed by atoms with Crippen LogP contribution in [0.2, 0.25) is 0 Å². The van der Waals surface area contributed by atoms with E-state index in [1.807, 2.05) is 6.92 Å². The van der Waals surface area contributed by atoms with E-state index in [4.69, 9.17) is 9.47 Å². The monoisotopic (exact) mass is 269 g/mol. The molecule has 1 atom stereocenters. The molecule has 19 heavy (non-hydrogen) atoms. The number of methoxy groups -OCH3 is 1. The molecule has 6 heteroatoms. The van der Waals surface area contributed by atoms with E-state index < -0.39 is 5.60 Å². The molecule has 0 saturated heterocycles. The zero-order chi connectivity index (χ0) is 14.3. The minimum absolute atomic E-state index is 0.387. The van der Waals surface area contributed by atoms with Gasteiger partial charge in [-0.15, -0.1) is 0 Å². The third-order valence-corrected chi connectivity index (χ3v) is 2.60. The number of aliphatic hydroxyl groups is 1. The number of hydrogen-bond acceptors (Lipinski definition) is 6. The number of rotatable bonds is 8. The fourth-order valence-electron chi connectivity index (χ4n) is 1.54. The van der Waals surface area contributed by atoms with Crippen LogP contribution < -0.4 is 10.1 Å². The summed E-state index contributed by atoms with van der Waals surface area (Å²) in [5, 5.41) is 13.2. The van der Waals surface area contributed by atoms with Gasteiger partial charge in [-0.25, -0.2) is 4.98 Å². The second kappa shape index (κ2) is 7.25. The maximum atomic E-state index is 10.1. The molecule has 108 valence electrons. The Morgan fingerprint density at radius 1 is 1.42 bits per heavy atom. The molecule has 0 amide bonds. The van der Waals surface area contributed by atoms with Crippen molar-refractivity contribution in [1.29, 1.82) is 0 Å². The van der Waals surface area contributed by atoms with E-state index in [1.54, 1.807) is 27.0 Å². The molecule has 0 bridgehead atoms. The number of anilines is 1. The summed E-state index contributed by atoms with van der Waals surface area (Å²) < 4.78 is 10.3. The minimum Gasteiger partial charge on any atom is -0.478 e. The lowest BCUT2D eigenvalue weighted by Crippen LogP contribution is -2.34. The number of nitrogens with one attached hydrogen (secondary N) is 1. The van der Waals surface area contributed by atoms with Gasteiger partial charge in [0.05, 0.1) is 12.2 Å². The van der Waals surface area contributed by atoms with Gasteiger partial charge in [-0.05, 0) is 20.8 Å². The zero-order valence-electron chi connectivity index (χ0n) is 12.1. The molecule has 1 heterocycles. The topological polar surface area (TPSA) is 76.5 Å². The molecular weight excluding hydrogens is 246 g/mol. The number of hydrogen-bond donors (Lipinski definition) is 2. The molecule has 0 aliphatic carbocycles. The maximum Gasteiger partial charge on any atom is 0.218 e. The molecule has 0 saturated carbocycles. The van der Waals surface area contributed by atoms with Crippen LogP contribution in [0.4, 0.5) is 5.82 Å². The van der Waals surface area contributed by atoms with Crippen LogP contribution >= 0.6 is 0 Å². The first-order chi connectivity index (χ1) is 8.96. The van der Waals surface area contributed by atoms with Crippen LogP contribution in [-0.4, -0.2) is 47.5 Å². The molecule has 1 unspecified atom stereocenters. The Morgan fingerprint density at radius 2 is 2.16 bits per heavy atom. The summed E-state index contributed by atoms with van der Waals surface area (Å²) in [4.78, 5) is 8.42. The van der Waals surface area contributed by atoms with Gasteiger partial charge in [0, 0.05) is 32.7 Å². The Balaban J connectivity index is 2.61. The molecule has 0 aliphatic rings. The summed E-state index contributed by atoms with van der Waals surface area (Å²) in [6.45, 7) is 6.93. The quantitative estimate of drug-likeness (QED) is 0.742. The summed E-state index contributed by atoms with van der Waals surface area (Å²) in [5.41, 5.74) is -0.847. The maximum absolute atomic E-state index is 10.1. The average molecular weight is 269 g/mol. The van der Waals surface area contributed by atoms with Gasteiger partial charge in [0.2, 0.25) is 5.88 Å². The van der Waals surface area contributed by atoms with Crippen molar-refractivity contribution in [3.05, 3.63) is 11.9 Å². The largest absolute Gasteiger partial charge is 0.478 e. The predicted octanol–water partition coefficient (Wildman–Crippen LogP) is 1.38. The Labute approximate surface area is 114 Å². The van der Waals surface area contributed by atoms with E-state index in [-0.39, 0.29) is 0 Å². The van der Waals surface area contributed by atoms with Gasteiger partial charge in [-0.2, -0.15) is 4.98 Å². The van der Waals surface area contributed by atoms with Gasteiger partial charge in [0.15, 0.2) is 0 Å². The van der Waals surface area contributed by atoms with Gasteiger partial charge < -0.3 is 19.9 Å². The highest BCUT2D eigenvalue weighted by atomic mass is 16.5. The molecule has 0 aromatic carbocycles. The van der Waals surface area contributed by atoms with Crippen LogP contribution in [0.5, 0.6) is 5.88 Å². The summed E-state index contributed by atoms with van der Waals surface area (Å²) in [5.74, 6) is 1.81. The average Bonchev–Trinajstić information content (AvgIpc) is 2.34. The molecule has 0 spiro atoms. The molecule has 0 radical (unpaired) electrons. The van der Waals surface area contributed by atoms with Crippen molar-refractivity contribution in [3.63, 3.8) is 0 Å². The van der Waals surface area contributed by atoms with Crippen LogP contribution in [0, 0.1) is 6.92 Å². The van der Waals surface area contributed by atoms with Crippen LogP contribution in [0.25, 0.3) is 0 Å². The SMILES string of the molecule is CCOc1cc(NCC(C)(O)CCOC)nc(C)n1. The lowest BCUT2D eigenvalue weighted by molar-refractivity contribution is 0.0357. The molecule has 6 nitrogen and oxygen atoms in total. The van der Waals surface area contributed by atoms with Crippen molar-refractivity contribution in [2.75, 3.05) is 32.2 Å². The highest BCUT2D eigenvalue weighted by molar-refractivity contribution is 5.38. The van der Waals surface area contributed by atoms with E-state index in [9.17, 15) is 5.11 Å². The second-order valence-corrected chi connectivity index (χ2v) is 4.66. The van der Waals surface area contributed by atoms with Crippen molar-refractivity contribution < 1.29 is 14.6 Å². The van der Waals surface area contributed by atoms with E-state index >= 15 is 0 Å². The molecule has 1 aromatic heterocycles. The van der Waals surface area contributed by atoms with Gasteiger partial charge in [-0.3, -0.25) is 0 Å². The highest BCUT2D eigenvalue weighted by Gasteiger charge is 2.20. The number of aromatic nitrogens is 2. The highest BCUT2D eigenvalue weighted by Crippen LogP contribution is 2.15. The van der Waals surface area contributed by atoms with E-state index in [0.29, 0.717) is 43.7 Å². The van der Waals surface area contributed by atoms with Crippen LogP contribution in [0.1, 0.15) is 26.1 Å². The minimum atomic E-state index is -0.847. The molecule has 0 aliphatic heterocycles. The molecule has 1 rings (SSSR count). The summed E-state index contributed by atoms with van der Waals surface area (Å²) in [6.07, 6.45) is 0.554. The lowest BCUT2D eigenvalue weighted by Gasteiger charge is -2.23. The molecular formula is C13H23N3O3. The summed E-state index contributed by atoms with van der Waals surface area (Å²) in [6, 6.07) is 1.73. The Hall–Kier alpha value is -1.40. The molecule has 2 N–H and O–H groups in total. The Bertz CT molecular complexity index is 397. The van der Waals surface area contributed by atoms with Gasteiger partial charge >= 0.3 is 0 Å². The zero-order valence-corrected chi connectivity index (χ0v) is 12.1. The van der Waals surface area contributed by atoms with E-state index in [2.05, 4.69) is 15.3 Å². The van der Waals surface area contributed by atoms with Crippen LogP contribution in [0.3, 0.4) is 0 Å². The summed E-state index contributed by atoms with van der Waals surface area (Å²) in [7, 11) is 1.62. The van der Waals surface area contributed by atoms with Crippen molar-refractivity contribution in [2.24, 2.45) is 0 Å². The molecule has 0 fully saturated rings. The summed E-state index contributed by atoms with van der Waals surface area (Å²) >= 11 is 0. The second-order valence-electron chi connectivity index (χ2n) is 4.66. The van der Waals surface area contributed by atoms with Crippen molar-refractivity contribution in [2.45, 2.75) is 32.8 Å². The van der Waals surface area contributed by atoms with Crippen LogP contribution in [-0.2, 0) is 4.74 Å². The smallest absolute Gasteiger partial charge is 0.218 e. The third-order valence-electron chi connectivity index (χ3n) is 2.60. The van der Waals surface area contributed by atoms with E-state index in [0.717, 1.165) is 0 Å². The standard InChI is InChI=1S/C13H23N3O3/c1-5-19-12-8-11(15-10(2)16-12)14-9-13(3,17)6-7-18-4/h8,17H,5-7,9H2,1-4H3,(H,14,15,16). The lowest BCUT2D eigenvalue weighted by atomic mass is 10.0. The van der Waals surface area contributed by atoms with Gasteiger partial charge in [-0.1, -0.05) is 0 Å². The number of nitrogens with zero attached hydrogens (tertiary/aromatic N) is 2. The third kappa shape index (κ3) is 5.85. The van der Waals surface area contributed by atoms with Crippen molar-refractivity contribution >= 4 is 5.82 Å². The fraction of sp³-hybridized carbons (Fsp3) is 0.692. The van der Waals surface area contributed by atoms with Gasteiger partial charge in [0.25, 0.3) is 0 Å². The normalized spacial score (nSPS) is 13.9. The van der Waals surface area contributed by atoms with E-state index in [1.165, 1.54) is 0 Å². The Kier molecular flexibility index (Phi) is 5.98. The first-order valence-corrected chi connectivity index (χ1v) is 6.40. The fourth-order valence-corrected chi connectivity index (χ4v) is 1.54. The Morgan fingerprint density at radius 3 is 2.79 bits per heavy atom. The number of ether oxygens (including phenoxy) is 2. The first kappa shape index (κ1) is 15.7. The predicted molar refractivity (Wildman–Crippen MR) is 73.5 cm³/mol. The number of aryl methyl sites for hydroxylation is 1. The van der Waals surface area contributed by atoms with Crippen LogP contribution in [0.15, 0.2) is 6.07 Å². The molecule has 1 aromatic rings. The first-order valence-electron chi connectivity index (χ1n) is 6.40. The van der Waals surface area contributed by atoms with Gasteiger partial charge in [0.1, 0.15) is 11.6 Å². The van der Waals surface area contributed by atoms with Crippen molar-refractivity contribution in [3.8, 4) is 5.88 Å². The van der Waals surface area contributed by atoms with Crippen molar-refractivity contribution in [1.82, 2.24) is 9.97 Å².